The SMILES string of the molecule is CC(C)(C)OC(=O)N1CCC(O)(Cn2nnc(-c3ccccc3Cc3ccc(C(F)(F)F)cc3)n2)C1. The van der Waals surface area contributed by atoms with Gasteiger partial charge in [-0.2, -0.15) is 18.0 Å². The Kier molecular flexibility index (Phi) is 6.78. The number of β-amino-alcohol motifs (C(OH)–C–C–N with tert-alkyl or cyclic N) is 1. The Balaban J connectivity index is 1.45. The number of carbonyl (C=O) groups excluding carboxylic acids is 1. The normalized spacial score (nSPS) is 18.5. The van der Waals surface area contributed by atoms with E-state index in [-0.39, 0.29) is 13.1 Å². The van der Waals surface area contributed by atoms with Crippen molar-refractivity contribution in [2.75, 3.05) is 13.1 Å². The van der Waals surface area contributed by atoms with Crippen molar-refractivity contribution < 1.29 is 27.8 Å². The lowest BCUT2D eigenvalue weighted by molar-refractivity contribution is -0.137. The van der Waals surface area contributed by atoms with Gasteiger partial charge in [-0.05, 0) is 62.1 Å². The van der Waals surface area contributed by atoms with Gasteiger partial charge in [-0.3, -0.25) is 0 Å². The van der Waals surface area contributed by atoms with E-state index in [0.717, 1.165) is 17.7 Å². The molecule has 0 saturated carbocycles. The Morgan fingerprint density at radius 3 is 2.47 bits per heavy atom. The highest BCUT2D eigenvalue weighted by atomic mass is 19.4. The van der Waals surface area contributed by atoms with Crippen molar-refractivity contribution in [2.45, 2.75) is 57.5 Å². The van der Waals surface area contributed by atoms with E-state index in [4.69, 9.17) is 4.74 Å². The molecule has 3 aromatic rings. The lowest BCUT2D eigenvalue weighted by atomic mass is 9.98. The maximum Gasteiger partial charge on any atom is 0.416 e. The molecule has 1 aliphatic heterocycles. The number of carbonyl (C=O) groups is 1. The van der Waals surface area contributed by atoms with Crippen molar-refractivity contribution in [3.63, 3.8) is 0 Å². The Labute approximate surface area is 206 Å². The monoisotopic (exact) mass is 503 g/mol. The average Bonchev–Trinajstić information content (AvgIpc) is 3.40. The second kappa shape index (κ2) is 9.53. The minimum Gasteiger partial charge on any atom is -0.444 e. The van der Waals surface area contributed by atoms with E-state index in [1.54, 1.807) is 20.8 Å². The second-order valence-corrected chi connectivity index (χ2v) is 10.0. The quantitative estimate of drug-likeness (QED) is 0.558. The summed E-state index contributed by atoms with van der Waals surface area (Å²) in [6.07, 6.45) is -4.14. The molecule has 2 aromatic carbocycles. The van der Waals surface area contributed by atoms with Gasteiger partial charge in [0.2, 0.25) is 5.82 Å². The number of benzene rings is 2. The molecule has 0 aliphatic carbocycles. The van der Waals surface area contributed by atoms with E-state index in [2.05, 4.69) is 15.4 Å². The van der Waals surface area contributed by atoms with E-state index in [0.29, 0.717) is 36.3 Å². The number of likely N-dealkylation sites (tertiary alicyclic amines) is 1. The van der Waals surface area contributed by atoms with E-state index >= 15 is 0 Å². The third-order valence-electron chi connectivity index (χ3n) is 5.81. The summed E-state index contributed by atoms with van der Waals surface area (Å²) in [6.45, 7) is 5.82. The van der Waals surface area contributed by atoms with Gasteiger partial charge in [-0.25, -0.2) is 4.79 Å². The van der Waals surface area contributed by atoms with Crippen molar-refractivity contribution >= 4 is 6.09 Å². The largest absolute Gasteiger partial charge is 0.444 e. The van der Waals surface area contributed by atoms with Gasteiger partial charge in [0, 0.05) is 12.1 Å². The zero-order valence-corrected chi connectivity index (χ0v) is 20.3. The molecule has 11 heteroatoms. The fourth-order valence-electron chi connectivity index (χ4n) is 4.07. The first-order chi connectivity index (χ1) is 16.8. The van der Waals surface area contributed by atoms with Crippen LogP contribution in [0.15, 0.2) is 48.5 Å². The van der Waals surface area contributed by atoms with Crippen LogP contribution in [0, 0.1) is 0 Å². The molecule has 1 N–H and O–H groups in total. The number of halogens is 3. The number of rotatable bonds is 5. The van der Waals surface area contributed by atoms with Crippen LogP contribution in [0.4, 0.5) is 18.0 Å². The van der Waals surface area contributed by atoms with Gasteiger partial charge in [0.25, 0.3) is 0 Å². The molecule has 8 nitrogen and oxygen atoms in total. The van der Waals surface area contributed by atoms with Gasteiger partial charge >= 0.3 is 12.3 Å². The first kappa shape index (κ1) is 25.6. The van der Waals surface area contributed by atoms with Crippen molar-refractivity contribution in [1.29, 1.82) is 0 Å². The molecular formula is C25H28F3N5O3. The lowest BCUT2D eigenvalue weighted by Gasteiger charge is -2.26. The van der Waals surface area contributed by atoms with Crippen molar-refractivity contribution in [2.24, 2.45) is 0 Å². The van der Waals surface area contributed by atoms with Gasteiger partial charge in [-0.15, -0.1) is 10.2 Å². The number of aromatic nitrogens is 4. The number of alkyl halides is 3. The van der Waals surface area contributed by atoms with Gasteiger partial charge in [0.15, 0.2) is 0 Å². The molecule has 0 bridgehead atoms. The average molecular weight is 504 g/mol. The van der Waals surface area contributed by atoms with Gasteiger partial charge in [0.05, 0.1) is 18.7 Å². The van der Waals surface area contributed by atoms with Gasteiger partial charge < -0.3 is 14.7 Å². The second-order valence-electron chi connectivity index (χ2n) is 10.0. The number of ether oxygens (including phenoxy) is 1. The number of hydrogen-bond acceptors (Lipinski definition) is 6. The maximum absolute atomic E-state index is 12.9. The summed E-state index contributed by atoms with van der Waals surface area (Å²) >= 11 is 0. The fraction of sp³-hybridized carbons (Fsp3) is 0.440. The van der Waals surface area contributed by atoms with Crippen LogP contribution in [0.25, 0.3) is 11.4 Å². The molecule has 1 saturated heterocycles. The van der Waals surface area contributed by atoms with Crippen LogP contribution in [0.5, 0.6) is 0 Å². The summed E-state index contributed by atoms with van der Waals surface area (Å²) in [5, 5.41) is 23.6. The molecule has 1 aliphatic rings. The van der Waals surface area contributed by atoms with E-state index in [1.165, 1.54) is 21.8 Å². The highest BCUT2D eigenvalue weighted by Gasteiger charge is 2.40. The number of aliphatic hydroxyl groups is 1. The molecule has 4 rings (SSSR count). The zero-order valence-electron chi connectivity index (χ0n) is 20.3. The third-order valence-corrected chi connectivity index (χ3v) is 5.81. The van der Waals surface area contributed by atoms with Crippen LogP contribution in [0.1, 0.15) is 43.9 Å². The first-order valence-electron chi connectivity index (χ1n) is 11.5. The predicted molar refractivity (Wildman–Crippen MR) is 125 cm³/mol. The minimum atomic E-state index is -4.38. The molecule has 0 spiro atoms. The highest BCUT2D eigenvalue weighted by Crippen LogP contribution is 2.30. The third kappa shape index (κ3) is 6.20. The van der Waals surface area contributed by atoms with Crippen LogP contribution in [0.2, 0.25) is 0 Å². The fourth-order valence-corrected chi connectivity index (χ4v) is 4.07. The number of tetrazole rings is 1. The summed E-state index contributed by atoms with van der Waals surface area (Å²) in [4.78, 5) is 15.1. The zero-order chi connectivity index (χ0) is 26.1. The van der Waals surface area contributed by atoms with E-state index in [9.17, 15) is 23.1 Å². The van der Waals surface area contributed by atoms with Crippen LogP contribution in [0.3, 0.4) is 0 Å². The Morgan fingerprint density at radius 1 is 1.11 bits per heavy atom. The lowest BCUT2D eigenvalue weighted by Crippen LogP contribution is -2.41. The van der Waals surface area contributed by atoms with E-state index < -0.39 is 29.0 Å². The van der Waals surface area contributed by atoms with Crippen molar-refractivity contribution in [3.05, 3.63) is 65.2 Å². The van der Waals surface area contributed by atoms with Gasteiger partial charge in [-0.1, -0.05) is 36.4 Å². The molecule has 0 radical (unpaired) electrons. The summed E-state index contributed by atoms with van der Waals surface area (Å²) in [5.41, 5.74) is -0.322. The first-order valence-corrected chi connectivity index (χ1v) is 11.5. The summed E-state index contributed by atoms with van der Waals surface area (Å²) in [5.74, 6) is 0.336. The summed E-state index contributed by atoms with van der Waals surface area (Å²) < 4.78 is 44.0. The number of nitrogens with zero attached hydrogens (tertiary/aromatic N) is 5. The Morgan fingerprint density at radius 2 is 1.81 bits per heavy atom. The summed E-state index contributed by atoms with van der Waals surface area (Å²) in [7, 11) is 0. The number of amides is 1. The van der Waals surface area contributed by atoms with Crippen LogP contribution in [-0.2, 0) is 23.9 Å². The Hall–Kier alpha value is -3.47. The molecule has 1 aromatic heterocycles. The molecule has 1 amide bonds. The van der Waals surface area contributed by atoms with Crippen molar-refractivity contribution in [1.82, 2.24) is 25.1 Å². The number of hydrogen-bond donors (Lipinski definition) is 1. The predicted octanol–water partition coefficient (Wildman–Crippen LogP) is 4.32. The minimum absolute atomic E-state index is 0.0420. The molecule has 1 unspecified atom stereocenters. The molecule has 2 heterocycles. The standard InChI is InChI=1S/C25H28F3N5O3/c1-23(2,3)36-22(34)32-13-12-24(35,15-32)16-33-30-21(29-31-33)20-7-5-4-6-18(20)14-17-8-10-19(11-9-17)25(26,27)28/h4-11,35H,12-16H2,1-3H3. The Bertz CT molecular complexity index is 1220. The van der Waals surface area contributed by atoms with Crippen LogP contribution < -0.4 is 0 Å². The van der Waals surface area contributed by atoms with Gasteiger partial charge in [0.1, 0.15) is 11.2 Å². The van der Waals surface area contributed by atoms with E-state index in [1.807, 2.05) is 24.3 Å². The smallest absolute Gasteiger partial charge is 0.416 e. The summed E-state index contributed by atoms with van der Waals surface area (Å²) in [6, 6.07) is 12.4. The molecule has 36 heavy (non-hydrogen) atoms. The maximum atomic E-state index is 12.9. The molecular weight excluding hydrogens is 475 g/mol. The topological polar surface area (TPSA) is 93.4 Å². The molecule has 1 atom stereocenters. The van der Waals surface area contributed by atoms with Crippen LogP contribution >= 0.6 is 0 Å². The van der Waals surface area contributed by atoms with Crippen molar-refractivity contribution in [3.8, 4) is 11.4 Å². The van der Waals surface area contributed by atoms with Crippen LogP contribution in [-0.4, -0.2) is 60.6 Å². The highest BCUT2D eigenvalue weighted by molar-refractivity contribution is 5.68. The molecule has 192 valence electrons. The molecule has 1 fully saturated rings.